The topological polar surface area (TPSA) is 57.2 Å². The molecule has 2 aromatic carbocycles. The molecule has 0 atom stereocenters. The van der Waals surface area contributed by atoms with Crippen LogP contribution in [0.2, 0.25) is 0 Å². The first-order valence-corrected chi connectivity index (χ1v) is 10.4. The fourth-order valence-electron chi connectivity index (χ4n) is 3.31. The molecule has 0 spiro atoms. The number of unbranched alkanes of at least 4 members (excludes halogenated alkanes) is 4. The smallest absolute Gasteiger partial charge is 0.744 e. The predicted molar refractivity (Wildman–Crippen MR) is 98.4 cm³/mol. The van der Waals surface area contributed by atoms with Crippen LogP contribution in [0.4, 0.5) is 0 Å². The molecule has 3 nitrogen and oxygen atoms in total. The molecule has 0 bridgehead atoms. The molecule has 0 heterocycles. The molecule has 0 amide bonds. The van der Waals surface area contributed by atoms with Crippen LogP contribution in [0.25, 0.3) is 10.8 Å². The Balaban J connectivity index is 0.00000312. The Labute approximate surface area is 194 Å². The number of aryl methyl sites for hydroxylation is 2. The minimum absolute atomic E-state index is 0. The van der Waals surface area contributed by atoms with Gasteiger partial charge in [0.15, 0.2) is 0 Å². The second kappa shape index (κ2) is 11.2. The van der Waals surface area contributed by atoms with E-state index in [1.807, 2.05) is 12.1 Å². The fourth-order valence-corrected chi connectivity index (χ4v) is 4.04. The maximum absolute atomic E-state index is 11.7. The van der Waals surface area contributed by atoms with Crippen molar-refractivity contribution in [3.05, 3.63) is 41.5 Å². The minimum atomic E-state index is -4.47. The van der Waals surface area contributed by atoms with Gasteiger partial charge in [-0.2, -0.15) is 0 Å². The van der Waals surface area contributed by atoms with Gasteiger partial charge in [-0.25, -0.2) is 8.42 Å². The normalized spacial score (nSPS) is 11.5. The van der Waals surface area contributed by atoms with E-state index in [1.54, 1.807) is 6.07 Å². The van der Waals surface area contributed by atoms with Crippen LogP contribution in [-0.2, 0) is 23.0 Å². The van der Waals surface area contributed by atoms with Crippen molar-refractivity contribution >= 4 is 20.9 Å². The van der Waals surface area contributed by atoms with Gasteiger partial charge in [-0.05, 0) is 48.3 Å². The van der Waals surface area contributed by atoms with E-state index >= 15 is 0 Å². The first-order valence-electron chi connectivity index (χ1n) is 8.98. The van der Waals surface area contributed by atoms with Gasteiger partial charge in [0.25, 0.3) is 0 Å². The summed E-state index contributed by atoms with van der Waals surface area (Å²) in [6, 6.07) is 9.06. The summed E-state index contributed by atoms with van der Waals surface area (Å²) in [7, 11) is -4.47. The SMILES string of the molecule is CCCCCc1ccc2cccc(S(=O)(=O)[O-])c2c1CCCCC.[K+]. The van der Waals surface area contributed by atoms with Gasteiger partial charge in [0.2, 0.25) is 0 Å². The number of benzene rings is 2. The number of rotatable bonds is 9. The molecule has 5 heteroatoms. The molecule has 0 aliphatic rings. The van der Waals surface area contributed by atoms with E-state index in [0.29, 0.717) is 5.39 Å². The standard InChI is InChI=1S/C20H28O3S.K/c1-3-5-7-10-16-14-15-17-11-9-13-19(24(21,22)23)20(17)18(16)12-8-6-4-2;/h9,11,13-15H,3-8,10,12H2,1-2H3,(H,21,22,23);/q;+1/p-1. The summed E-state index contributed by atoms with van der Waals surface area (Å²) in [5, 5.41) is 1.50. The van der Waals surface area contributed by atoms with Gasteiger partial charge in [0.1, 0.15) is 10.1 Å². The van der Waals surface area contributed by atoms with Gasteiger partial charge in [-0.15, -0.1) is 0 Å². The zero-order chi connectivity index (χ0) is 17.6. The van der Waals surface area contributed by atoms with Crippen molar-refractivity contribution in [3.63, 3.8) is 0 Å². The van der Waals surface area contributed by atoms with Crippen molar-refractivity contribution in [2.24, 2.45) is 0 Å². The minimum Gasteiger partial charge on any atom is -0.744 e. The van der Waals surface area contributed by atoms with E-state index in [0.717, 1.165) is 62.3 Å². The van der Waals surface area contributed by atoms with Crippen molar-refractivity contribution < 1.29 is 64.4 Å². The Morgan fingerprint density at radius 2 is 1.52 bits per heavy atom. The van der Waals surface area contributed by atoms with E-state index in [4.69, 9.17) is 0 Å². The van der Waals surface area contributed by atoms with E-state index in [-0.39, 0.29) is 56.3 Å². The Morgan fingerprint density at radius 1 is 0.880 bits per heavy atom. The van der Waals surface area contributed by atoms with Crippen molar-refractivity contribution in [3.8, 4) is 0 Å². The predicted octanol–water partition coefficient (Wildman–Crippen LogP) is 2.21. The molecule has 132 valence electrons. The van der Waals surface area contributed by atoms with Crippen LogP contribution in [0.3, 0.4) is 0 Å². The average Bonchev–Trinajstić information content (AvgIpc) is 2.55. The van der Waals surface area contributed by atoms with Gasteiger partial charge >= 0.3 is 51.4 Å². The zero-order valence-corrected chi connectivity index (χ0v) is 19.6. The second-order valence-corrected chi connectivity index (χ2v) is 7.77. The Morgan fingerprint density at radius 3 is 2.12 bits per heavy atom. The van der Waals surface area contributed by atoms with Crippen molar-refractivity contribution in [2.75, 3.05) is 0 Å². The van der Waals surface area contributed by atoms with Gasteiger partial charge in [-0.3, -0.25) is 0 Å². The molecule has 0 fully saturated rings. The Bertz CT molecular complexity index is 785. The maximum atomic E-state index is 11.7. The quantitative estimate of drug-likeness (QED) is 0.377. The van der Waals surface area contributed by atoms with Crippen molar-refractivity contribution in [2.45, 2.75) is 70.1 Å². The average molecular weight is 387 g/mol. The molecule has 0 aliphatic carbocycles. The van der Waals surface area contributed by atoms with Crippen molar-refractivity contribution in [1.29, 1.82) is 0 Å². The van der Waals surface area contributed by atoms with Crippen molar-refractivity contribution in [1.82, 2.24) is 0 Å². The van der Waals surface area contributed by atoms with Crippen LogP contribution in [-0.4, -0.2) is 13.0 Å². The second-order valence-electron chi connectivity index (χ2n) is 6.43. The number of fused-ring (bicyclic) bond motifs is 1. The summed E-state index contributed by atoms with van der Waals surface area (Å²) in [5.41, 5.74) is 2.26. The molecular formula is C20H27KO3S. The third-order valence-electron chi connectivity index (χ3n) is 4.56. The molecule has 0 radical (unpaired) electrons. The summed E-state index contributed by atoms with van der Waals surface area (Å²) in [5.74, 6) is 0. The van der Waals surface area contributed by atoms with Gasteiger partial charge in [-0.1, -0.05) is 63.8 Å². The monoisotopic (exact) mass is 386 g/mol. The molecular weight excluding hydrogens is 359 g/mol. The van der Waals surface area contributed by atoms with Crippen LogP contribution in [0.15, 0.2) is 35.2 Å². The molecule has 2 aromatic rings. The summed E-state index contributed by atoms with van der Waals surface area (Å²) < 4.78 is 35.2. The van der Waals surface area contributed by atoms with Crippen LogP contribution in [0.1, 0.15) is 63.5 Å². The number of hydrogen-bond acceptors (Lipinski definition) is 3. The van der Waals surface area contributed by atoms with Crippen LogP contribution in [0.5, 0.6) is 0 Å². The molecule has 2 rings (SSSR count). The van der Waals surface area contributed by atoms with E-state index < -0.39 is 10.1 Å². The largest absolute Gasteiger partial charge is 1.00 e. The third-order valence-corrected chi connectivity index (χ3v) is 5.44. The van der Waals surface area contributed by atoms with E-state index in [9.17, 15) is 13.0 Å². The first kappa shape index (κ1) is 23.3. The summed E-state index contributed by atoms with van der Waals surface area (Å²) >= 11 is 0. The molecule has 0 aromatic heterocycles. The maximum Gasteiger partial charge on any atom is 1.00 e. The molecule has 0 N–H and O–H groups in total. The van der Waals surface area contributed by atoms with Crippen LogP contribution < -0.4 is 51.4 Å². The Kier molecular flexibility index (Phi) is 10.4. The van der Waals surface area contributed by atoms with Gasteiger partial charge < -0.3 is 4.55 Å². The molecule has 0 saturated heterocycles. The van der Waals surface area contributed by atoms with E-state index in [2.05, 4.69) is 19.9 Å². The summed E-state index contributed by atoms with van der Waals surface area (Å²) in [4.78, 5) is -0.0659. The molecule has 25 heavy (non-hydrogen) atoms. The molecule has 0 saturated carbocycles. The van der Waals surface area contributed by atoms with E-state index in [1.165, 1.54) is 11.6 Å². The molecule has 0 aliphatic heterocycles. The van der Waals surface area contributed by atoms with Crippen LogP contribution in [0, 0.1) is 0 Å². The molecule has 0 unspecified atom stereocenters. The summed E-state index contributed by atoms with van der Waals surface area (Å²) in [6.45, 7) is 4.32. The summed E-state index contributed by atoms with van der Waals surface area (Å²) in [6.07, 6.45) is 8.42. The first-order chi connectivity index (χ1) is 11.5. The third kappa shape index (κ3) is 6.42. The van der Waals surface area contributed by atoms with Gasteiger partial charge in [0, 0.05) is 5.39 Å². The Hall–Kier alpha value is 0.246. The zero-order valence-electron chi connectivity index (χ0n) is 15.7. The number of hydrogen-bond donors (Lipinski definition) is 0. The van der Waals surface area contributed by atoms with Gasteiger partial charge in [0.05, 0.1) is 4.90 Å². The fraction of sp³-hybridized carbons (Fsp3) is 0.500. The van der Waals surface area contributed by atoms with Crippen LogP contribution >= 0.6 is 0 Å².